The second-order valence-corrected chi connectivity index (χ2v) is 3.84. The summed E-state index contributed by atoms with van der Waals surface area (Å²) in [6.45, 7) is 2.97. The van der Waals surface area contributed by atoms with E-state index in [9.17, 15) is 9.59 Å². The van der Waals surface area contributed by atoms with Gasteiger partial charge in [0.15, 0.2) is 5.78 Å². The van der Waals surface area contributed by atoms with E-state index in [0.717, 1.165) is 13.0 Å². The molecule has 0 aromatic heterocycles. The number of hydrazine groups is 1. The van der Waals surface area contributed by atoms with Crippen molar-refractivity contribution in [3.63, 3.8) is 0 Å². The van der Waals surface area contributed by atoms with E-state index < -0.39 is 0 Å². The number of hydrogen-bond acceptors (Lipinski definition) is 4. The molecule has 0 saturated carbocycles. The summed E-state index contributed by atoms with van der Waals surface area (Å²) < 4.78 is 0. The lowest BCUT2D eigenvalue weighted by atomic mass is 10.1. The molecule has 1 atom stereocenters. The topological polar surface area (TPSA) is 52.7 Å². The molecule has 1 fully saturated rings. The monoisotopic (exact) mass is 209 g/mol. The summed E-state index contributed by atoms with van der Waals surface area (Å²) in [5.74, 6) is -0.0784. The summed E-state index contributed by atoms with van der Waals surface area (Å²) >= 11 is 0. The Balaban J connectivity index is 2.23. The summed E-state index contributed by atoms with van der Waals surface area (Å²) in [7, 11) is 1.77. The van der Waals surface area contributed by atoms with E-state index >= 15 is 0 Å². The predicted molar refractivity (Wildman–Crippen MR) is 54.6 cm³/mol. The number of hydrogen-bond donors (Lipinski definition) is 1. The first-order valence-corrected chi connectivity index (χ1v) is 5.12. The van der Waals surface area contributed by atoms with E-state index in [0.29, 0.717) is 12.2 Å². The van der Waals surface area contributed by atoms with Crippen LogP contribution in [-0.2, 0) is 9.59 Å². The second kappa shape index (κ2) is 3.75. The quantitative estimate of drug-likeness (QED) is 0.667. The van der Waals surface area contributed by atoms with Gasteiger partial charge in [0.25, 0.3) is 5.91 Å². The number of amides is 1. The Morgan fingerprint density at radius 2 is 2.33 bits per heavy atom. The first kappa shape index (κ1) is 10.3. The number of fused-ring (bicyclic) bond motifs is 1. The fourth-order valence-corrected chi connectivity index (χ4v) is 2.07. The molecule has 0 bridgehead atoms. The molecule has 0 aromatic carbocycles. The molecule has 1 saturated heterocycles. The molecular weight excluding hydrogens is 194 g/mol. The largest absolute Gasteiger partial charge is 0.309 e. The predicted octanol–water partition coefficient (Wildman–Crippen LogP) is -0.490. The summed E-state index contributed by atoms with van der Waals surface area (Å²) in [5.41, 5.74) is 0.514. The molecule has 2 rings (SSSR count). The number of nitrogens with zero attached hydrogens (tertiary/aromatic N) is 2. The smallest absolute Gasteiger partial charge is 0.258 e. The highest BCUT2D eigenvalue weighted by Crippen LogP contribution is 2.23. The Hall–Kier alpha value is -1.20. The third-order valence-electron chi connectivity index (χ3n) is 2.90. The molecule has 82 valence electrons. The van der Waals surface area contributed by atoms with Crippen LogP contribution >= 0.6 is 0 Å². The molecule has 15 heavy (non-hydrogen) atoms. The van der Waals surface area contributed by atoms with Crippen molar-refractivity contribution in [3.05, 3.63) is 11.8 Å². The van der Waals surface area contributed by atoms with Crippen LogP contribution in [-0.4, -0.2) is 47.9 Å². The number of carbonyl (C=O) groups is 2. The van der Waals surface area contributed by atoms with Crippen LogP contribution in [0.1, 0.15) is 13.3 Å². The number of nitrogens with one attached hydrogen (secondary N) is 1. The minimum absolute atomic E-state index is 0.0253. The van der Waals surface area contributed by atoms with Gasteiger partial charge in [-0.05, 0) is 19.5 Å². The number of carbonyl (C=O) groups excluding carboxylic acids is 2. The van der Waals surface area contributed by atoms with Gasteiger partial charge in [-0.1, -0.05) is 0 Å². The van der Waals surface area contributed by atoms with Gasteiger partial charge in [0, 0.05) is 20.0 Å². The lowest BCUT2D eigenvalue weighted by Gasteiger charge is -2.37. The van der Waals surface area contributed by atoms with Gasteiger partial charge < -0.3 is 5.32 Å². The summed E-state index contributed by atoms with van der Waals surface area (Å²) in [6, 6.07) is -0.165. The number of allylic oxidation sites excluding steroid dienone is 1. The molecule has 2 heterocycles. The second-order valence-electron chi connectivity index (χ2n) is 3.84. The number of ketones is 1. The van der Waals surface area contributed by atoms with Crippen molar-refractivity contribution in [2.24, 2.45) is 0 Å². The van der Waals surface area contributed by atoms with E-state index in [2.05, 4.69) is 5.32 Å². The first-order valence-electron chi connectivity index (χ1n) is 5.12. The van der Waals surface area contributed by atoms with Crippen LogP contribution in [0.3, 0.4) is 0 Å². The van der Waals surface area contributed by atoms with Gasteiger partial charge in [0.05, 0.1) is 6.04 Å². The Morgan fingerprint density at radius 3 is 2.93 bits per heavy atom. The van der Waals surface area contributed by atoms with E-state index in [4.69, 9.17) is 0 Å². The zero-order chi connectivity index (χ0) is 11.0. The molecule has 5 heteroatoms. The van der Waals surface area contributed by atoms with Crippen LogP contribution in [0.4, 0.5) is 0 Å². The summed E-state index contributed by atoms with van der Waals surface area (Å²) in [5, 5.41) is 6.40. The third kappa shape index (κ3) is 1.57. The molecule has 0 radical (unpaired) electrons. The first-order chi connectivity index (χ1) is 7.15. The number of Topliss-reactive ketones (excluding diaryl/α,β-unsaturated/α-hetero) is 1. The van der Waals surface area contributed by atoms with Crippen molar-refractivity contribution in [1.82, 2.24) is 15.3 Å². The molecule has 2 aliphatic heterocycles. The molecule has 1 amide bonds. The summed E-state index contributed by atoms with van der Waals surface area (Å²) in [6.07, 6.45) is 2.61. The highest BCUT2D eigenvalue weighted by Gasteiger charge is 2.38. The van der Waals surface area contributed by atoms with Crippen LogP contribution < -0.4 is 5.32 Å². The highest BCUT2D eigenvalue weighted by atomic mass is 16.2. The lowest BCUT2D eigenvalue weighted by molar-refractivity contribution is -0.151. The van der Waals surface area contributed by atoms with Crippen LogP contribution in [0.15, 0.2) is 11.8 Å². The van der Waals surface area contributed by atoms with Gasteiger partial charge in [0.2, 0.25) is 0 Å². The normalized spacial score (nSPS) is 26.5. The Morgan fingerprint density at radius 1 is 1.60 bits per heavy atom. The van der Waals surface area contributed by atoms with Gasteiger partial charge in [-0.2, -0.15) is 0 Å². The van der Waals surface area contributed by atoms with Gasteiger partial charge in [-0.3, -0.25) is 9.59 Å². The van der Waals surface area contributed by atoms with Crippen molar-refractivity contribution < 1.29 is 9.59 Å². The van der Waals surface area contributed by atoms with Gasteiger partial charge in [-0.25, -0.2) is 10.0 Å². The molecule has 0 aliphatic carbocycles. The Bertz CT molecular complexity index is 338. The standard InChI is InChI=1S/C10H15N3O2/c1-7(14)9-4-6-12-5-3-8(11-2)10(15)13(9)12/h4,8,11H,3,5-6H2,1-2H3. The molecule has 0 aromatic rings. The lowest BCUT2D eigenvalue weighted by Crippen LogP contribution is -2.56. The maximum atomic E-state index is 12.0. The minimum Gasteiger partial charge on any atom is -0.309 e. The van der Waals surface area contributed by atoms with Crippen molar-refractivity contribution in [2.45, 2.75) is 19.4 Å². The van der Waals surface area contributed by atoms with Crippen molar-refractivity contribution >= 4 is 11.7 Å². The third-order valence-corrected chi connectivity index (χ3v) is 2.90. The van der Waals surface area contributed by atoms with Crippen LogP contribution in [0.25, 0.3) is 0 Å². The Labute approximate surface area is 88.7 Å². The van der Waals surface area contributed by atoms with E-state index in [-0.39, 0.29) is 17.7 Å². The van der Waals surface area contributed by atoms with Crippen LogP contribution in [0.2, 0.25) is 0 Å². The van der Waals surface area contributed by atoms with Crippen LogP contribution in [0, 0.1) is 0 Å². The van der Waals surface area contributed by atoms with Gasteiger partial charge in [0.1, 0.15) is 5.70 Å². The Kier molecular flexibility index (Phi) is 2.58. The van der Waals surface area contributed by atoms with E-state index in [1.165, 1.54) is 11.9 Å². The van der Waals surface area contributed by atoms with Crippen molar-refractivity contribution in [1.29, 1.82) is 0 Å². The fourth-order valence-electron chi connectivity index (χ4n) is 2.07. The van der Waals surface area contributed by atoms with Gasteiger partial charge in [-0.15, -0.1) is 0 Å². The molecular formula is C10H15N3O2. The maximum Gasteiger partial charge on any atom is 0.258 e. The van der Waals surface area contributed by atoms with Crippen molar-refractivity contribution in [3.8, 4) is 0 Å². The van der Waals surface area contributed by atoms with Crippen molar-refractivity contribution in [2.75, 3.05) is 20.1 Å². The SMILES string of the molecule is CNC1CCN2CC=C(C(C)=O)N2C1=O. The molecule has 2 aliphatic rings. The van der Waals surface area contributed by atoms with E-state index in [1.807, 2.05) is 11.1 Å². The van der Waals surface area contributed by atoms with Gasteiger partial charge >= 0.3 is 0 Å². The molecule has 5 nitrogen and oxygen atoms in total. The molecule has 1 unspecified atom stereocenters. The average Bonchev–Trinajstić information content (AvgIpc) is 2.63. The van der Waals surface area contributed by atoms with E-state index in [1.54, 1.807) is 7.05 Å². The fraction of sp³-hybridized carbons (Fsp3) is 0.600. The number of rotatable bonds is 2. The highest BCUT2D eigenvalue weighted by molar-refractivity contribution is 5.99. The average molecular weight is 209 g/mol. The zero-order valence-electron chi connectivity index (χ0n) is 8.99. The van der Waals surface area contributed by atoms with Crippen LogP contribution in [0.5, 0.6) is 0 Å². The minimum atomic E-state index is -0.165. The number of likely N-dealkylation sites (N-methyl/N-ethyl adjacent to an activating group) is 1. The summed E-state index contributed by atoms with van der Waals surface area (Å²) in [4.78, 5) is 23.3. The zero-order valence-corrected chi connectivity index (χ0v) is 8.99. The molecule has 1 N–H and O–H groups in total. The maximum absolute atomic E-state index is 12.0. The molecule has 0 spiro atoms.